The molecule has 0 bridgehead atoms. The zero-order chi connectivity index (χ0) is 111. The lowest BCUT2D eigenvalue weighted by molar-refractivity contribution is -0.145. The molecule has 824 valence electrons. The standard InChI is InChI=1S/C106H162N20O23/c1-61(2)49-80(117-70(12)128)96(142)98(144)95(69(11)127)126-125-83(51-71-31-25-24-26-32-71)103(149)120-106(16)47-30-23-21-19-17-18-20-22-29-46-105(15,92(138)59-112-67(9)89(135)57-116-104(13,14)91(137)58-111-64(6)86(132)45-48-109-63(5)84(130)41-42-85(131)65(7)114-60-115-68(10)100(108)146)119-102(148)81(50-62(3)4)123-121-77(39-43-93(107)139)90(136)56-110-66(8)87(133)54-88(134)79(53-73-55-113-76-34-28-27-33-75(73)76)122-124-82(52-72-35-37-74(129)38-36-72)101(147)118-78(40-44-94(140)141)97(143)99(106)145/h18,20,24-28,31-38,55,61-69,77-83,95,109-116,121-127,129H,17,19,21-23,29-30,39-54,56-60H2,1-16H3,(H2,107,139)(H2,108,146)(H,117,128)(H,118,147)(H,119,148)(H,120,149)(H,140,141)/b20-18+/t63-,64-,65-,66-,67-,68+,69+,77-,78-,79-,80-,81-,82-,83-,95-,105-,106+/m0/s1. The SMILES string of the molecule is CC(=O)N[C@@H](CC(C)C)C(=O)C(=O)[C@@H](NN[C@@H](Cc1ccccc1)C(=O)N[C@]1(C)CCCCCC/C=C/CCC[C@@](C)(C(=O)CN[C@@H](C)C(=O)CNC(C)(C)C(=O)CN[C@@H](C)C(=O)CCN[C@@H](C)C(=O)CCC(=O)[C@H](C)NCN[C@H](C)C(N)=O)NC(=O)[C@H](CC(C)C)NN[C@@H](CCC(N)=O)C(=O)CN[C@@H](C)C(=O)CC(=O)[C@H](Cc2c[nH]c3ccccc23)NN[C@@H](Cc2ccc(O)cc2)C(=O)N[C@@H](CCC(=O)O)C(=O)C1=O)[C@@H](C)O. The van der Waals surface area contributed by atoms with Gasteiger partial charge in [-0.25, -0.2) is 32.6 Å². The number of aliphatic carboxylic acids is 1. The third kappa shape index (κ3) is 45.1. The van der Waals surface area contributed by atoms with Crippen molar-refractivity contribution in [1.82, 2.24) is 96.0 Å². The average Bonchev–Trinajstić information content (AvgIpc) is 1.54. The molecule has 4 aromatic rings. The lowest BCUT2D eigenvalue weighted by atomic mass is 9.84. The molecule has 0 radical (unpaired) electrons. The number of ketones is 13. The zero-order valence-electron chi connectivity index (χ0n) is 89.0. The molecule has 0 saturated carbocycles. The number of aromatic amines is 1. The Hall–Kier alpha value is -11.8. The van der Waals surface area contributed by atoms with Crippen LogP contribution in [-0.2, 0) is 115 Å². The maximum atomic E-state index is 15.7. The maximum absolute atomic E-state index is 15.7. The van der Waals surface area contributed by atoms with Crippen LogP contribution in [0.4, 0.5) is 0 Å². The Labute approximate surface area is 872 Å². The summed E-state index contributed by atoms with van der Waals surface area (Å²) in [7, 11) is 0. The van der Waals surface area contributed by atoms with E-state index in [9.17, 15) is 82.4 Å². The van der Waals surface area contributed by atoms with Crippen molar-refractivity contribution >= 4 is 127 Å². The van der Waals surface area contributed by atoms with Gasteiger partial charge >= 0.3 is 5.97 Å². The molecule has 0 aliphatic carbocycles. The number of carbonyl (C=O) groups is 20. The first-order chi connectivity index (χ1) is 70.1. The highest BCUT2D eigenvalue weighted by Crippen LogP contribution is 2.26. The number of nitrogens with two attached hydrogens (primary N) is 2. The van der Waals surface area contributed by atoms with E-state index in [1.54, 1.807) is 123 Å². The van der Waals surface area contributed by atoms with Crippen LogP contribution >= 0.6 is 0 Å². The Morgan fingerprint density at radius 2 is 1.13 bits per heavy atom. The van der Waals surface area contributed by atoms with Crippen LogP contribution in [0.3, 0.4) is 0 Å². The van der Waals surface area contributed by atoms with Crippen LogP contribution in [0.2, 0.25) is 0 Å². The van der Waals surface area contributed by atoms with Crippen molar-refractivity contribution in [3.05, 3.63) is 114 Å². The number of carbonyl (C=O) groups excluding carboxylic acids is 19. The first kappa shape index (κ1) is 128. The summed E-state index contributed by atoms with van der Waals surface area (Å²) >= 11 is 0. The molecule has 0 spiro atoms. The predicted octanol–water partition coefficient (Wildman–Crippen LogP) is 1.46. The normalized spacial score (nSPS) is 21.7. The van der Waals surface area contributed by atoms with Gasteiger partial charge in [0.15, 0.2) is 40.5 Å². The fourth-order valence-corrected chi connectivity index (χ4v) is 16.5. The number of allylic oxidation sites excluding steroid dienone is 2. The van der Waals surface area contributed by atoms with Gasteiger partial charge in [-0.05, 0) is 206 Å². The molecular formula is C106H162N20O23. The number of fused-ring (bicyclic) bond motifs is 1. The van der Waals surface area contributed by atoms with Gasteiger partial charge in [0.2, 0.25) is 58.6 Å². The summed E-state index contributed by atoms with van der Waals surface area (Å²) in [5.74, 6) is -15.6. The number of carboxylic acid groups (broad SMARTS) is 1. The number of benzene rings is 3. The number of rotatable bonds is 53. The van der Waals surface area contributed by atoms with Gasteiger partial charge in [-0.2, -0.15) is 0 Å². The lowest BCUT2D eigenvalue weighted by Crippen LogP contribution is -2.65. The van der Waals surface area contributed by atoms with Crippen molar-refractivity contribution in [3.63, 3.8) is 0 Å². The van der Waals surface area contributed by atoms with Crippen LogP contribution in [0.15, 0.2) is 97.2 Å². The molecule has 43 heteroatoms. The third-order valence-electron chi connectivity index (χ3n) is 26.6. The van der Waals surface area contributed by atoms with E-state index in [0.29, 0.717) is 66.1 Å². The van der Waals surface area contributed by atoms with Gasteiger partial charge in [0.1, 0.15) is 47.0 Å². The number of aliphatic hydroxyl groups excluding tert-OH is 1. The molecule has 6 amide bonds. The molecule has 1 aliphatic rings. The number of nitrogens with one attached hydrogen (secondary N) is 18. The number of aromatic hydroxyl groups is 1. The molecule has 5 rings (SSSR count). The molecule has 1 aliphatic heterocycles. The number of para-hydroxylation sites is 1. The molecule has 0 unspecified atom stereocenters. The van der Waals surface area contributed by atoms with Gasteiger partial charge in [0, 0.05) is 69.3 Å². The largest absolute Gasteiger partial charge is 0.508 e. The van der Waals surface area contributed by atoms with Crippen LogP contribution in [0.25, 0.3) is 10.9 Å². The summed E-state index contributed by atoms with van der Waals surface area (Å²) in [4.78, 5) is 282. The lowest BCUT2D eigenvalue weighted by Gasteiger charge is -2.33. The topological polar surface area (TPSA) is 674 Å². The van der Waals surface area contributed by atoms with E-state index in [1.807, 2.05) is 26.0 Å². The van der Waals surface area contributed by atoms with Gasteiger partial charge in [0.25, 0.3) is 0 Å². The van der Waals surface area contributed by atoms with Crippen LogP contribution in [0.5, 0.6) is 5.75 Å². The smallest absolute Gasteiger partial charge is 0.303 e. The highest BCUT2D eigenvalue weighted by atomic mass is 16.4. The number of aliphatic hydroxyl groups is 1. The third-order valence-corrected chi connectivity index (χ3v) is 26.6. The number of hydrazine groups is 3. The van der Waals surface area contributed by atoms with Crippen molar-refractivity contribution in [2.24, 2.45) is 23.3 Å². The van der Waals surface area contributed by atoms with Crippen LogP contribution in [0, 0.1) is 11.8 Å². The molecule has 3 aromatic carbocycles. The zero-order valence-corrected chi connectivity index (χ0v) is 89.0. The molecular weight excluding hydrogens is 1920 g/mol. The summed E-state index contributed by atoms with van der Waals surface area (Å²) in [6.07, 6.45) is 2.95. The molecule has 43 nitrogen and oxygen atoms in total. The van der Waals surface area contributed by atoms with Crippen molar-refractivity contribution in [1.29, 1.82) is 0 Å². The number of amides is 6. The van der Waals surface area contributed by atoms with E-state index in [4.69, 9.17) is 11.5 Å². The second-order valence-corrected chi connectivity index (χ2v) is 40.8. The number of carboxylic acids is 1. The number of hydrogen-bond acceptors (Lipinski definition) is 35. The minimum atomic E-state index is -2.20. The van der Waals surface area contributed by atoms with Gasteiger partial charge < -0.3 is 74.3 Å². The maximum Gasteiger partial charge on any atom is 0.303 e. The molecule has 149 heavy (non-hydrogen) atoms. The quantitative estimate of drug-likeness (QED) is 0.00978. The molecule has 17 atom stereocenters. The first-order valence-corrected chi connectivity index (χ1v) is 51.5. The number of H-pyrrole nitrogens is 1. The minimum absolute atomic E-state index is 0.00113. The van der Waals surface area contributed by atoms with E-state index < -0.39 is 239 Å². The summed E-state index contributed by atoms with van der Waals surface area (Å²) in [5.41, 5.74) is 25.1. The van der Waals surface area contributed by atoms with E-state index in [-0.39, 0.29) is 145 Å². The van der Waals surface area contributed by atoms with Gasteiger partial charge in [0.05, 0.1) is 110 Å². The number of aromatic nitrogens is 1. The van der Waals surface area contributed by atoms with E-state index in [0.717, 1.165) is 0 Å². The summed E-state index contributed by atoms with van der Waals surface area (Å²) in [6.45, 7) is 23.6. The number of phenolic OH excluding ortho intramolecular Hbond substituents is 1. The van der Waals surface area contributed by atoms with E-state index in [1.165, 1.54) is 58.9 Å². The number of phenols is 1. The minimum Gasteiger partial charge on any atom is -0.508 e. The van der Waals surface area contributed by atoms with Crippen LogP contribution in [-0.4, -0.2) is 284 Å². The fraction of sp³-hybridized carbons (Fsp3) is 0.604. The summed E-state index contributed by atoms with van der Waals surface area (Å²) in [6, 6.07) is 4.42. The van der Waals surface area contributed by atoms with Gasteiger partial charge in [-0.1, -0.05) is 120 Å². The highest BCUT2D eigenvalue weighted by molar-refractivity contribution is 6.43. The van der Waals surface area contributed by atoms with Crippen LogP contribution < -0.4 is 103 Å². The van der Waals surface area contributed by atoms with E-state index >= 15 is 28.8 Å². The van der Waals surface area contributed by atoms with E-state index in [2.05, 4.69) is 96.0 Å². The summed E-state index contributed by atoms with van der Waals surface area (Å²) < 4.78 is 0. The molecule has 25 N–H and O–H groups in total. The van der Waals surface area contributed by atoms with Crippen LogP contribution in [0.1, 0.15) is 249 Å². The second kappa shape index (κ2) is 64.0. The Morgan fingerprint density at radius 1 is 0.550 bits per heavy atom. The predicted molar refractivity (Wildman–Crippen MR) is 559 cm³/mol. The number of hydrogen-bond donors (Lipinski definition) is 23. The highest BCUT2D eigenvalue weighted by Gasteiger charge is 2.46. The Morgan fingerprint density at radius 3 is 1.77 bits per heavy atom. The van der Waals surface area contributed by atoms with Crippen molar-refractivity contribution in [2.45, 2.75) is 359 Å². The molecule has 0 fully saturated rings. The average molecular weight is 2080 g/mol. The Kier molecular flexibility index (Phi) is 54.8. The van der Waals surface area contributed by atoms with Crippen molar-refractivity contribution in [3.8, 4) is 5.75 Å². The van der Waals surface area contributed by atoms with Crippen molar-refractivity contribution in [2.75, 3.05) is 39.4 Å². The Bertz CT molecular complexity index is 5220. The molecule has 0 saturated heterocycles. The number of Topliss-reactive ketones (excluding diaryl/α,β-unsaturated/α-hetero) is 13. The fourth-order valence-electron chi connectivity index (χ4n) is 16.5. The first-order valence-electron chi connectivity index (χ1n) is 51.5. The van der Waals surface area contributed by atoms with Crippen molar-refractivity contribution < 1.29 is 111 Å². The molecule has 2 heterocycles. The number of primary amides is 2. The second-order valence-electron chi connectivity index (χ2n) is 40.8. The van der Waals surface area contributed by atoms with Gasteiger partial charge in [-0.3, -0.25) is 112 Å². The Balaban J connectivity index is 1.48. The molecule has 1 aromatic heterocycles. The summed E-state index contributed by atoms with van der Waals surface area (Å²) in [5, 5.41) is 63.9. The monoisotopic (exact) mass is 2080 g/mol. The van der Waals surface area contributed by atoms with Gasteiger partial charge in [-0.15, -0.1) is 0 Å².